The van der Waals surface area contributed by atoms with Crippen LogP contribution >= 0.6 is 0 Å². The minimum absolute atomic E-state index is 0.0970. The number of fused-ring (bicyclic) bond motifs is 1. The van der Waals surface area contributed by atoms with Crippen LogP contribution < -0.4 is 14.8 Å². The van der Waals surface area contributed by atoms with Crippen molar-refractivity contribution in [3.8, 4) is 17.6 Å². The van der Waals surface area contributed by atoms with E-state index in [4.69, 9.17) is 14.7 Å². The Kier molecular flexibility index (Phi) is 4.62. The number of carbonyl (C=O) groups is 1. The molecule has 0 bridgehead atoms. The summed E-state index contributed by atoms with van der Waals surface area (Å²) in [7, 11) is 0. The number of nitrogens with one attached hydrogen (secondary N) is 1. The van der Waals surface area contributed by atoms with Crippen LogP contribution in [0.15, 0.2) is 42.5 Å². The number of benzene rings is 2. The zero-order valence-electron chi connectivity index (χ0n) is 14.3. The predicted molar refractivity (Wildman–Crippen MR) is 94.7 cm³/mol. The normalized spacial score (nSPS) is 14.1. The Morgan fingerprint density at radius 2 is 2.04 bits per heavy atom. The van der Waals surface area contributed by atoms with E-state index in [1.165, 1.54) is 0 Å². The number of hydrogen-bond donors (Lipinski definition) is 1. The van der Waals surface area contributed by atoms with Crippen LogP contribution in [0.1, 0.15) is 25.0 Å². The van der Waals surface area contributed by atoms with Crippen LogP contribution in [-0.4, -0.2) is 18.1 Å². The Hall–Kier alpha value is -3.00. The van der Waals surface area contributed by atoms with Crippen molar-refractivity contribution in [2.24, 2.45) is 0 Å². The molecule has 1 N–H and O–H groups in total. The summed E-state index contributed by atoms with van der Waals surface area (Å²) in [5, 5.41) is 11.4. The van der Waals surface area contributed by atoms with Crippen molar-refractivity contribution in [2.45, 2.75) is 32.3 Å². The van der Waals surface area contributed by atoms with Crippen LogP contribution in [0.25, 0.3) is 0 Å². The van der Waals surface area contributed by atoms with Crippen molar-refractivity contribution in [3.63, 3.8) is 0 Å². The van der Waals surface area contributed by atoms with Gasteiger partial charge in [-0.15, -0.1) is 0 Å². The molecule has 1 aliphatic rings. The summed E-state index contributed by atoms with van der Waals surface area (Å²) in [6, 6.07) is 15.0. The SMILES string of the molecule is CC1(C)Cc2cccc(OCC(=O)Nc3ccc(CC#N)cc3)c2O1. The zero-order chi connectivity index (χ0) is 17.9. The molecule has 128 valence electrons. The third kappa shape index (κ3) is 4.10. The molecule has 0 radical (unpaired) electrons. The highest BCUT2D eigenvalue weighted by Crippen LogP contribution is 2.41. The predicted octanol–water partition coefficient (Wildman–Crippen LogP) is 3.48. The minimum atomic E-state index is -0.255. The smallest absolute Gasteiger partial charge is 0.262 e. The Labute approximate surface area is 147 Å². The molecule has 0 spiro atoms. The van der Waals surface area contributed by atoms with Crippen molar-refractivity contribution < 1.29 is 14.3 Å². The van der Waals surface area contributed by atoms with Crippen molar-refractivity contribution in [3.05, 3.63) is 53.6 Å². The molecule has 2 aromatic carbocycles. The number of rotatable bonds is 5. The second-order valence-corrected chi connectivity index (χ2v) is 6.65. The van der Waals surface area contributed by atoms with Crippen molar-refractivity contribution in [2.75, 3.05) is 11.9 Å². The van der Waals surface area contributed by atoms with E-state index in [1.54, 1.807) is 12.1 Å². The molecule has 0 atom stereocenters. The third-order valence-electron chi connectivity index (χ3n) is 3.93. The van der Waals surface area contributed by atoms with Gasteiger partial charge in [-0.05, 0) is 37.6 Å². The summed E-state index contributed by atoms with van der Waals surface area (Å²) in [6.07, 6.45) is 1.17. The maximum Gasteiger partial charge on any atom is 0.262 e. The topological polar surface area (TPSA) is 71.3 Å². The second kappa shape index (κ2) is 6.86. The van der Waals surface area contributed by atoms with E-state index in [1.807, 2.05) is 44.2 Å². The number of hydrogen-bond acceptors (Lipinski definition) is 4. The zero-order valence-corrected chi connectivity index (χ0v) is 14.3. The van der Waals surface area contributed by atoms with E-state index in [-0.39, 0.29) is 18.1 Å². The average Bonchev–Trinajstić information content (AvgIpc) is 2.89. The summed E-state index contributed by atoms with van der Waals surface area (Å²) >= 11 is 0. The summed E-state index contributed by atoms with van der Waals surface area (Å²) in [4.78, 5) is 12.1. The summed E-state index contributed by atoms with van der Waals surface area (Å²) in [5.41, 5.74) is 2.42. The maximum absolute atomic E-state index is 12.1. The molecule has 0 aliphatic carbocycles. The summed E-state index contributed by atoms with van der Waals surface area (Å²) in [5.74, 6) is 1.06. The van der Waals surface area contributed by atoms with Gasteiger partial charge in [-0.1, -0.05) is 24.3 Å². The number of carbonyl (C=O) groups excluding carboxylic acids is 1. The van der Waals surface area contributed by atoms with Crippen LogP contribution in [0.4, 0.5) is 5.69 Å². The molecule has 1 amide bonds. The van der Waals surface area contributed by atoms with Gasteiger partial charge >= 0.3 is 0 Å². The van der Waals surface area contributed by atoms with E-state index >= 15 is 0 Å². The molecule has 0 fully saturated rings. The van der Waals surface area contributed by atoms with Gasteiger partial charge in [0.15, 0.2) is 18.1 Å². The first-order chi connectivity index (χ1) is 12.0. The van der Waals surface area contributed by atoms with Crippen LogP contribution in [0.5, 0.6) is 11.5 Å². The average molecular weight is 336 g/mol. The highest BCUT2D eigenvalue weighted by Gasteiger charge is 2.32. The quantitative estimate of drug-likeness (QED) is 0.907. The first kappa shape index (κ1) is 16.8. The molecule has 25 heavy (non-hydrogen) atoms. The fraction of sp³-hybridized carbons (Fsp3) is 0.300. The molecular formula is C20H20N2O3. The number of para-hydroxylation sites is 1. The largest absolute Gasteiger partial charge is 0.483 e. The Morgan fingerprint density at radius 1 is 1.28 bits per heavy atom. The third-order valence-corrected chi connectivity index (χ3v) is 3.93. The van der Waals surface area contributed by atoms with E-state index in [0.717, 1.165) is 23.3 Å². The van der Waals surface area contributed by atoms with Gasteiger partial charge in [0, 0.05) is 17.7 Å². The number of anilines is 1. The van der Waals surface area contributed by atoms with Crippen LogP contribution in [-0.2, 0) is 17.6 Å². The molecule has 3 rings (SSSR count). The van der Waals surface area contributed by atoms with E-state index in [2.05, 4.69) is 11.4 Å². The Morgan fingerprint density at radius 3 is 2.76 bits per heavy atom. The molecule has 0 saturated heterocycles. The van der Waals surface area contributed by atoms with E-state index in [0.29, 0.717) is 17.9 Å². The molecule has 2 aromatic rings. The molecule has 5 nitrogen and oxygen atoms in total. The van der Waals surface area contributed by atoms with Gasteiger partial charge < -0.3 is 14.8 Å². The van der Waals surface area contributed by atoms with Gasteiger partial charge in [-0.25, -0.2) is 0 Å². The fourth-order valence-electron chi connectivity index (χ4n) is 2.84. The number of nitrogens with zero attached hydrogens (tertiary/aromatic N) is 1. The molecule has 1 aliphatic heterocycles. The van der Waals surface area contributed by atoms with Crippen LogP contribution in [0.3, 0.4) is 0 Å². The van der Waals surface area contributed by atoms with Crippen LogP contribution in [0.2, 0.25) is 0 Å². The number of ether oxygens (including phenoxy) is 2. The monoisotopic (exact) mass is 336 g/mol. The molecule has 0 aromatic heterocycles. The van der Waals surface area contributed by atoms with E-state index in [9.17, 15) is 4.79 Å². The molecular weight excluding hydrogens is 316 g/mol. The lowest BCUT2D eigenvalue weighted by molar-refractivity contribution is -0.118. The van der Waals surface area contributed by atoms with Gasteiger partial charge in [-0.3, -0.25) is 4.79 Å². The lowest BCUT2D eigenvalue weighted by atomic mass is 10.0. The maximum atomic E-state index is 12.1. The van der Waals surface area contributed by atoms with Gasteiger partial charge in [0.1, 0.15) is 5.60 Å². The summed E-state index contributed by atoms with van der Waals surface area (Å²) < 4.78 is 11.6. The Balaban J connectivity index is 1.59. The van der Waals surface area contributed by atoms with E-state index < -0.39 is 0 Å². The van der Waals surface area contributed by atoms with Gasteiger partial charge in [0.05, 0.1) is 12.5 Å². The van der Waals surface area contributed by atoms with Crippen molar-refractivity contribution in [1.82, 2.24) is 0 Å². The second-order valence-electron chi connectivity index (χ2n) is 6.65. The fourth-order valence-corrected chi connectivity index (χ4v) is 2.84. The number of amides is 1. The first-order valence-corrected chi connectivity index (χ1v) is 8.16. The lowest BCUT2D eigenvalue weighted by Crippen LogP contribution is -2.25. The molecule has 0 saturated carbocycles. The Bertz CT molecular complexity index is 820. The van der Waals surface area contributed by atoms with Crippen molar-refractivity contribution >= 4 is 11.6 Å². The van der Waals surface area contributed by atoms with Gasteiger partial charge in [0.25, 0.3) is 5.91 Å². The standard InChI is InChI=1S/C20H20N2O3/c1-20(2)12-15-4-3-5-17(19(15)25-20)24-13-18(23)22-16-8-6-14(7-9-16)10-11-21/h3-9H,10,12-13H2,1-2H3,(H,22,23). The highest BCUT2D eigenvalue weighted by atomic mass is 16.5. The summed E-state index contributed by atoms with van der Waals surface area (Å²) in [6.45, 7) is 3.96. The lowest BCUT2D eigenvalue weighted by Gasteiger charge is -2.18. The van der Waals surface area contributed by atoms with Gasteiger partial charge in [0.2, 0.25) is 0 Å². The number of nitriles is 1. The molecule has 5 heteroatoms. The van der Waals surface area contributed by atoms with Crippen LogP contribution in [0, 0.1) is 11.3 Å². The first-order valence-electron chi connectivity index (χ1n) is 8.16. The minimum Gasteiger partial charge on any atom is -0.483 e. The molecule has 1 heterocycles. The van der Waals surface area contributed by atoms with Crippen molar-refractivity contribution in [1.29, 1.82) is 5.26 Å². The molecule has 0 unspecified atom stereocenters. The van der Waals surface area contributed by atoms with Gasteiger partial charge in [-0.2, -0.15) is 5.26 Å². The highest BCUT2D eigenvalue weighted by molar-refractivity contribution is 5.91.